The Hall–Kier alpha value is -8.73. The summed E-state index contributed by atoms with van der Waals surface area (Å²) in [6.07, 6.45) is 0. The minimum Gasteiger partial charge on any atom is -0.455 e. The van der Waals surface area contributed by atoms with Crippen molar-refractivity contribution in [1.29, 1.82) is 0 Å². The second kappa shape index (κ2) is 15.0. The fraction of sp³-hybridized carbons (Fsp3) is 0. The molecule has 13 rings (SSSR count). The molecule has 302 valence electrons. The largest absolute Gasteiger partial charge is 0.455 e. The smallest absolute Gasteiger partial charge is 0.164 e. The van der Waals surface area contributed by atoms with Gasteiger partial charge in [-0.15, -0.1) is 0 Å². The third kappa shape index (κ3) is 6.18. The molecule has 13 aromatic rings. The molecule has 0 spiro atoms. The van der Waals surface area contributed by atoms with Crippen molar-refractivity contribution in [1.82, 2.24) is 15.0 Å². The summed E-state index contributed by atoms with van der Waals surface area (Å²) in [7, 11) is 0. The zero-order valence-electron chi connectivity index (χ0n) is 35.1. The quantitative estimate of drug-likeness (QED) is 0.157. The van der Waals surface area contributed by atoms with Gasteiger partial charge >= 0.3 is 0 Å². The first-order valence-electron chi connectivity index (χ1n) is 22.0. The van der Waals surface area contributed by atoms with Crippen LogP contribution in [0.3, 0.4) is 0 Å². The molecule has 0 N–H and O–H groups in total. The summed E-state index contributed by atoms with van der Waals surface area (Å²) < 4.78 is 6.95. The maximum absolute atomic E-state index is 6.95. The van der Waals surface area contributed by atoms with Gasteiger partial charge < -0.3 is 4.42 Å². The predicted molar refractivity (Wildman–Crippen MR) is 270 cm³/mol. The zero-order valence-corrected chi connectivity index (χ0v) is 35.1. The van der Waals surface area contributed by atoms with E-state index in [9.17, 15) is 0 Å². The van der Waals surface area contributed by atoms with Crippen LogP contribution >= 0.6 is 0 Å². The first-order chi connectivity index (χ1) is 32.2. The average molecular weight is 828 g/mol. The first kappa shape index (κ1) is 36.9. The predicted octanol–water partition coefficient (Wildman–Crippen LogP) is 16.4. The highest BCUT2D eigenvalue weighted by Gasteiger charge is 2.19. The van der Waals surface area contributed by atoms with E-state index in [0.29, 0.717) is 17.5 Å². The molecule has 0 aliphatic carbocycles. The Morgan fingerprint density at radius 2 is 0.615 bits per heavy atom. The van der Waals surface area contributed by atoms with Gasteiger partial charge in [-0.3, -0.25) is 0 Å². The van der Waals surface area contributed by atoms with Crippen LogP contribution in [0.4, 0.5) is 0 Å². The van der Waals surface area contributed by atoms with Crippen molar-refractivity contribution >= 4 is 65.0 Å². The number of rotatable bonds is 6. The minimum absolute atomic E-state index is 0.637. The summed E-state index contributed by atoms with van der Waals surface area (Å²) in [4.78, 5) is 14.7. The number of hydrogen-bond donors (Lipinski definition) is 0. The molecule has 11 aromatic carbocycles. The molecule has 0 unspecified atom stereocenters. The Labute approximate surface area is 374 Å². The standard InChI is InChI=1S/C61H37N3O/c1-3-14-41(15-4-1)59-62-60(42-16-5-2-6-17-42)64-61(63-59)43-32-28-39(29-33-43)38-26-30-40(31-27-38)45-24-13-25-53-56-37-54(50-22-11-12-23-52(50)58(56)65-57(45)53)44-34-35-51-48-20-8-7-18-46(48)47-19-9-10-21-49(47)55(51)36-44/h1-37H. The lowest BCUT2D eigenvalue weighted by molar-refractivity contribution is 0.674. The van der Waals surface area contributed by atoms with Crippen LogP contribution in [0.5, 0.6) is 0 Å². The highest BCUT2D eigenvalue weighted by molar-refractivity contribution is 6.26. The van der Waals surface area contributed by atoms with E-state index in [1.54, 1.807) is 0 Å². The van der Waals surface area contributed by atoms with Crippen molar-refractivity contribution < 1.29 is 4.42 Å². The molecular formula is C61H37N3O. The van der Waals surface area contributed by atoms with E-state index >= 15 is 0 Å². The highest BCUT2D eigenvalue weighted by atomic mass is 16.3. The molecule has 0 saturated carbocycles. The second-order valence-electron chi connectivity index (χ2n) is 16.7. The Kier molecular flexibility index (Phi) is 8.50. The highest BCUT2D eigenvalue weighted by Crippen LogP contribution is 2.44. The third-order valence-electron chi connectivity index (χ3n) is 12.9. The van der Waals surface area contributed by atoms with Gasteiger partial charge in [0.25, 0.3) is 0 Å². The molecule has 0 aliphatic heterocycles. The molecule has 0 amide bonds. The van der Waals surface area contributed by atoms with Gasteiger partial charge in [0.05, 0.1) is 0 Å². The van der Waals surface area contributed by atoms with Crippen LogP contribution in [0.1, 0.15) is 0 Å². The van der Waals surface area contributed by atoms with E-state index < -0.39 is 0 Å². The Balaban J connectivity index is 0.868. The van der Waals surface area contributed by atoms with E-state index in [1.165, 1.54) is 48.8 Å². The molecule has 2 aromatic heterocycles. The second-order valence-corrected chi connectivity index (χ2v) is 16.7. The minimum atomic E-state index is 0.637. The van der Waals surface area contributed by atoms with Crippen molar-refractivity contribution in [3.05, 3.63) is 224 Å². The maximum Gasteiger partial charge on any atom is 0.164 e. The summed E-state index contributed by atoms with van der Waals surface area (Å²) >= 11 is 0. The molecular weight excluding hydrogens is 791 g/mol. The molecule has 0 saturated heterocycles. The van der Waals surface area contributed by atoms with E-state index in [-0.39, 0.29) is 0 Å². The number of hydrogen-bond acceptors (Lipinski definition) is 4. The van der Waals surface area contributed by atoms with E-state index in [0.717, 1.165) is 66.3 Å². The van der Waals surface area contributed by atoms with Crippen LogP contribution < -0.4 is 0 Å². The first-order valence-corrected chi connectivity index (χ1v) is 22.0. The fourth-order valence-electron chi connectivity index (χ4n) is 9.75. The van der Waals surface area contributed by atoms with Gasteiger partial charge in [-0.2, -0.15) is 0 Å². The monoisotopic (exact) mass is 827 g/mol. The summed E-state index contributed by atoms with van der Waals surface area (Å²) in [5.41, 5.74) is 11.4. The van der Waals surface area contributed by atoms with Crippen LogP contribution in [-0.2, 0) is 0 Å². The molecule has 65 heavy (non-hydrogen) atoms. The zero-order chi connectivity index (χ0) is 42.8. The molecule has 2 heterocycles. The van der Waals surface area contributed by atoms with Gasteiger partial charge in [-0.25, -0.2) is 15.0 Å². The van der Waals surface area contributed by atoms with Crippen LogP contribution in [0, 0.1) is 0 Å². The number of para-hydroxylation sites is 1. The van der Waals surface area contributed by atoms with Crippen molar-refractivity contribution in [3.63, 3.8) is 0 Å². The Morgan fingerprint density at radius 3 is 1.18 bits per heavy atom. The molecule has 4 nitrogen and oxygen atoms in total. The molecule has 0 fully saturated rings. The fourth-order valence-corrected chi connectivity index (χ4v) is 9.75. The van der Waals surface area contributed by atoms with Gasteiger partial charge in [0.1, 0.15) is 11.2 Å². The van der Waals surface area contributed by atoms with E-state index in [2.05, 4.69) is 164 Å². The van der Waals surface area contributed by atoms with Crippen LogP contribution in [-0.4, -0.2) is 15.0 Å². The average Bonchev–Trinajstić information content (AvgIpc) is 3.78. The molecule has 0 atom stereocenters. The van der Waals surface area contributed by atoms with Gasteiger partial charge in [-0.05, 0) is 77.7 Å². The summed E-state index contributed by atoms with van der Waals surface area (Å²) in [5.74, 6) is 1.93. The number of fused-ring (bicyclic) bond motifs is 11. The number of nitrogens with zero attached hydrogens (tertiary/aromatic N) is 3. The maximum atomic E-state index is 6.95. The van der Waals surface area contributed by atoms with Gasteiger partial charge in [0, 0.05) is 38.4 Å². The lowest BCUT2D eigenvalue weighted by Gasteiger charge is -2.13. The van der Waals surface area contributed by atoms with Crippen LogP contribution in [0.25, 0.3) is 133 Å². The van der Waals surface area contributed by atoms with Crippen LogP contribution in [0.15, 0.2) is 229 Å². The Morgan fingerprint density at radius 1 is 0.215 bits per heavy atom. The number of furan rings is 1. The van der Waals surface area contributed by atoms with Crippen molar-refractivity contribution in [2.75, 3.05) is 0 Å². The normalized spacial score (nSPS) is 11.7. The molecule has 4 heteroatoms. The molecule has 0 radical (unpaired) electrons. The summed E-state index contributed by atoms with van der Waals surface area (Å²) in [6.45, 7) is 0. The van der Waals surface area contributed by atoms with Crippen molar-refractivity contribution in [3.8, 4) is 67.5 Å². The Bertz CT molecular complexity index is 3880. The van der Waals surface area contributed by atoms with Gasteiger partial charge in [-0.1, -0.05) is 212 Å². The van der Waals surface area contributed by atoms with Crippen molar-refractivity contribution in [2.45, 2.75) is 0 Å². The van der Waals surface area contributed by atoms with E-state index in [4.69, 9.17) is 19.4 Å². The third-order valence-corrected chi connectivity index (χ3v) is 12.9. The lowest BCUT2D eigenvalue weighted by atomic mass is 9.90. The van der Waals surface area contributed by atoms with Crippen molar-refractivity contribution in [2.24, 2.45) is 0 Å². The number of benzene rings is 11. The van der Waals surface area contributed by atoms with Gasteiger partial charge in [0.2, 0.25) is 0 Å². The van der Waals surface area contributed by atoms with E-state index in [1.807, 2.05) is 60.7 Å². The summed E-state index contributed by atoms with van der Waals surface area (Å²) in [5, 5.41) is 12.1. The summed E-state index contributed by atoms with van der Waals surface area (Å²) in [6, 6.07) is 79.4. The molecule has 0 bridgehead atoms. The lowest BCUT2D eigenvalue weighted by Crippen LogP contribution is -2.00. The SMILES string of the molecule is c1ccc(-c2nc(-c3ccccc3)nc(-c3ccc(-c4ccc(-c5cccc6c5oc5c7ccccc7c(-c7ccc8c9ccccc9c9ccccc9c8c7)cc65)cc4)cc3)n2)cc1. The van der Waals surface area contributed by atoms with Gasteiger partial charge in [0.15, 0.2) is 17.5 Å². The topological polar surface area (TPSA) is 51.8 Å². The molecule has 0 aliphatic rings. The number of aromatic nitrogens is 3. The van der Waals surface area contributed by atoms with Crippen LogP contribution in [0.2, 0.25) is 0 Å².